The molecule has 5 nitrogen and oxygen atoms in total. The van der Waals surface area contributed by atoms with E-state index in [0.29, 0.717) is 6.54 Å². The number of carbonyl (C=O) groups is 1. The van der Waals surface area contributed by atoms with Crippen LogP contribution in [0.25, 0.3) is 0 Å². The molecule has 1 atom stereocenters. The van der Waals surface area contributed by atoms with Crippen LogP contribution in [0.2, 0.25) is 0 Å². The second kappa shape index (κ2) is 8.21. The van der Waals surface area contributed by atoms with Gasteiger partial charge in [0.2, 0.25) is 5.91 Å². The molecule has 0 saturated heterocycles. The Kier molecular flexibility index (Phi) is 6.29. The lowest BCUT2D eigenvalue weighted by Gasteiger charge is -2.14. The van der Waals surface area contributed by atoms with Crippen molar-refractivity contribution in [1.29, 1.82) is 0 Å². The largest absolute Gasteiger partial charge is 0.324 e. The minimum absolute atomic E-state index is 0.0534. The molecule has 0 aliphatic rings. The van der Waals surface area contributed by atoms with Crippen LogP contribution >= 0.6 is 23.5 Å². The Hall–Kier alpha value is -1.73. The first-order valence-corrected chi connectivity index (χ1v) is 9.28. The number of benzene rings is 1. The highest BCUT2D eigenvalue weighted by Crippen LogP contribution is 2.27. The van der Waals surface area contributed by atoms with Crippen molar-refractivity contribution >= 4 is 35.1 Å². The van der Waals surface area contributed by atoms with Gasteiger partial charge in [0.1, 0.15) is 5.82 Å². The second-order valence-corrected chi connectivity index (χ2v) is 7.03. The number of para-hydroxylation sites is 1. The van der Waals surface area contributed by atoms with Gasteiger partial charge in [-0.25, -0.2) is 0 Å². The Morgan fingerprint density at radius 1 is 1.43 bits per heavy atom. The highest BCUT2D eigenvalue weighted by molar-refractivity contribution is 8.00. The Morgan fingerprint density at radius 2 is 2.17 bits per heavy atom. The van der Waals surface area contributed by atoms with Gasteiger partial charge in [0.15, 0.2) is 5.16 Å². The lowest BCUT2D eigenvalue weighted by molar-refractivity contribution is -0.115. The molecule has 0 fully saturated rings. The van der Waals surface area contributed by atoms with Crippen LogP contribution in [-0.2, 0) is 11.3 Å². The van der Waals surface area contributed by atoms with Gasteiger partial charge in [0, 0.05) is 11.4 Å². The van der Waals surface area contributed by atoms with Crippen molar-refractivity contribution < 1.29 is 4.79 Å². The summed E-state index contributed by atoms with van der Waals surface area (Å²) in [6.45, 7) is 8.12. The molecule has 0 aliphatic heterocycles. The molecule has 122 valence electrons. The van der Waals surface area contributed by atoms with Crippen molar-refractivity contribution in [2.24, 2.45) is 0 Å². The maximum absolute atomic E-state index is 12.4. The molecular weight excluding hydrogens is 328 g/mol. The highest BCUT2D eigenvalue weighted by Gasteiger charge is 2.19. The van der Waals surface area contributed by atoms with E-state index in [1.807, 2.05) is 48.9 Å². The Balaban J connectivity index is 2.07. The summed E-state index contributed by atoms with van der Waals surface area (Å²) in [6.07, 6.45) is 3.78. The number of aryl methyl sites for hydroxylation is 1. The lowest BCUT2D eigenvalue weighted by Crippen LogP contribution is -2.23. The van der Waals surface area contributed by atoms with Gasteiger partial charge in [-0.15, -0.1) is 28.5 Å². The molecular formula is C16H20N4OS2. The third kappa shape index (κ3) is 4.39. The number of amides is 1. The third-order valence-electron chi connectivity index (χ3n) is 3.23. The minimum Gasteiger partial charge on any atom is -0.324 e. The number of hydrogen-bond acceptors (Lipinski definition) is 5. The quantitative estimate of drug-likeness (QED) is 0.612. The number of aromatic nitrogens is 3. The number of allylic oxidation sites excluding steroid dienone is 1. The van der Waals surface area contributed by atoms with Crippen molar-refractivity contribution in [3.8, 4) is 0 Å². The zero-order chi connectivity index (χ0) is 16.8. The SMILES string of the molecule is C=CCn1c(C)nnc1SC(C)C(=O)Nc1ccccc1SC. The van der Waals surface area contributed by atoms with E-state index in [0.717, 1.165) is 21.6 Å². The van der Waals surface area contributed by atoms with Crippen LogP contribution in [0.1, 0.15) is 12.7 Å². The molecule has 0 radical (unpaired) electrons. The average Bonchev–Trinajstić information content (AvgIpc) is 2.89. The zero-order valence-corrected chi connectivity index (χ0v) is 15.1. The van der Waals surface area contributed by atoms with Crippen LogP contribution in [0.4, 0.5) is 5.69 Å². The monoisotopic (exact) mass is 348 g/mol. The summed E-state index contributed by atoms with van der Waals surface area (Å²) in [7, 11) is 0. The van der Waals surface area contributed by atoms with Gasteiger partial charge < -0.3 is 9.88 Å². The summed E-state index contributed by atoms with van der Waals surface area (Å²) >= 11 is 3.00. The predicted molar refractivity (Wildman–Crippen MR) is 97.1 cm³/mol. The van der Waals surface area contributed by atoms with Gasteiger partial charge in [-0.3, -0.25) is 4.79 Å². The molecule has 0 saturated carbocycles. The van der Waals surface area contributed by atoms with Crippen LogP contribution in [0.3, 0.4) is 0 Å². The number of carbonyl (C=O) groups excluding carboxylic acids is 1. The van der Waals surface area contributed by atoms with Gasteiger partial charge in [0.25, 0.3) is 0 Å². The van der Waals surface area contributed by atoms with E-state index in [9.17, 15) is 4.79 Å². The fourth-order valence-electron chi connectivity index (χ4n) is 1.98. The minimum atomic E-state index is -0.280. The van der Waals surface area contributed by atoms with Crippen molar-refractivity contribution in [1.82, 2.24) is 14.8 Å². The van der Waals surface area contributed by atoms with Gasteiger partial charge >= 0.3 is 0 Å². The fraction of sp³-hybridized carbons (Fsp3) is 0.312. The Labute approximate surface area is 145 Å². The normalized spacial score (nSPS) is 12.0. The van der Waals surface area contributed by atoms with Gasteiger partial charge in [0.05, 0.1) is 10.9 Å². The Bertz CT molecular complexity index is 699. The van der Waals surface area contributed by atoms with E-state index in [4.69, 9.17) is 0 Å². The van der Waals surface area contributed by atoms with Crippen LogP contribution < -0.4 is 5.32 Å². The topological polar surface area (TPSA) is 59.8 Å². The van der Waals surface area contributed by atoms with Crippen LogP contribution in [0.15, 0.2) is 47.0 Å². The maximum Gasteiger partial charge on any atom is 0.237 e. The van der Waals surface area contributed by atoms with Crippen molar-refractivity contribution in [3.05, 3.63) is 42.7 Å². The first-order valence-electron chi connectivity index (χ1n) is 7.18. The first kappa shape index (κ1) is 17.6. The van der Waals surface area contributed by atoms with E-state index in [1.165, 1.54) is 11.8 Å². The molecule has 1 unspecified atom stereocenters. The number of nitrogens with zero attached hydrogens (tertiary/aromatic N) is 3. The molecule has 1 amide bonds. The standard InChI is InChI=1S/C16H20N4OS2/c1-5-10-20-12(3)18-19-16(20)23-11(2)15(21)17-13-8-6-7-9-14(13)22-4/h5-9,11H,1,10H2,2-4H3,(H,17,21). The highest BCUT2D eigenvalue weighted by atomic mass is 32.2. The molecule has 23 heavy (non-hydrogen) atoms. The van der Waals surface area contributed by atoms with E-state index >= 15 is 0 Å². The van der Waals surface area contributed by atoms with E-state index in [2.05, 4.69) is 22.1 Å². The lowest BCUT2D eigenvalue weighted by atomic mass is 10.3. The van der Waals surface area contributed by atoms with Gasteiger partial charge in [-0.2, -0.15) is 0 Å². The smallest absolute Gasteiger partial charge is 0.237 e. The van der Waals surface area contributed by atoms with E-state index < -0.39 is 0 Å². The summed E-state index contributed by atoms with van der Waals surface area (Å²) in [5.41, 5.74) is 0.834. The number of anilines is 1. The predicted octanol–water partition coefficient (Wildman–Crippen LogP) is 3.61. The third-order valence-corrected chi connectivity index (χ3v) is 5.11. The number of rotatable bonds is 7. The zero-order valence-electron chi connectivity index (χ0n) is 13.4. The molecule has 0 bridgehead atoms. The molecule has 2 rings (SSSR count). The molecule has 1 heterocycles. The molecule has 1 aromatic heterocycles. The molecule has 1 N–H and O–H groups in total. The maximum atomic E-state index is 12.4. The second-order valence-electron chi connectivity index (χ2n) is 4.88. The summed E-state index contributed by atoms with van der Waals surface area (Å²) in [6, 6.07) is 7.77. The average molecular weight is 348 g/mol. The van der Waals surface area contributed by atoms with Crippen molar-refractivity contribution in [3.63, 3.8) is 0 Å². The summed E-state index contributed by atoms with van der Waals surface area (Å²) < 4.78 is 1.94. The van der Waals surface area contributed by atoms with E-state index in [1.54, 1.807) is 17.8 Å². The summed E-state index contributed by atoms with van der Waals surface area (Å²) in [5, 5.41) is 11.6. The molecule has 0 aliphatic carbocycles. The first-order chi connectivity index (χ1) is 11.1. The van der Waals surface area contributed by atoms with Crippen LogP contribution in [-0.4, -0.2) is 32.2 Å². The van der Waals surface area contributed by atoms with Crippen LogP contribution in [0.5, 0.6) is 0 Å². The Morgan fingerprint density at radius 3 is 2.87 bits per heavy atom. The molecule has 0 spiro atoms. The fourth-order valence-corrected chi connectivity index (χ4v) is 3.44. The molecule has 1 aromatic carbocycles. The van der Waals surface area contributed by atoms with E-state index in [-0.39, 0.29) is 11.2 Å². The van der Waals surface area contributed by atoms with Crippen LogP contribution in [0, 0.1) is 6.92 Å². The number of thioether (sulfide) groups is 2. The van der Waals surface area contributed by atoms with Crippen molar-refractivity contribution in [2.75, 3.05) is 11.6 Å². The summed E-state index contributed by atoms with van der Waals surface area (Å²) in [4.78, 5) is 13.5. The summed E-state index contributed by atoms with van der Waals surface area (Å²) in [5.74, 6) is 0.759. The molecule has 7 heteroatoms. The molecule has 2 aromatic rings. The van der Waals surface area contributed by atoms with Gasteiger partial charge in [-0.1, -0.05) is 30.0 Å². The van der Waals surface area contributed by atoms with Gasteiger partial charge in [-0.05, 0) is 32.2 Å². The number of nitrogens with one attached hydrogen (secondary N) is 1. The number of hydrogen-bond donors (Lipinski definition) is 1. The van der Waals surface area contributed by atoms with Crippen molar-refractivity contribution in [2.45, 2.75) is 35.7 Å².